The molecule has 0 bridgehead atoms. The molecular weight excluding hydrogens is 206 g/mol. The molecule has 1 aliphatic carbocycles. The number of Topliss-reactive ketones (excluding diaryl/α,β-unsaturated/α-hetero) is 1. The zero-order valence-corrected chi connectivity index (χ0v) is 9.71. The number of hydrogen-bond acceptors (Lipinski definition) is 4. The second-order valence-electron chi connectivity index (χ2n) is 4.37. The van der Waals surface area contributed by atoms with Crippen LogP contribution in [0.25, 0.3) is 0 Å². The minimum absolute atomic E-state index is 0.104. The lowest BCUT2D eigenvalue weighted by Gasteiger charge is -2.25. The first-order valence-corrected chi connectivity index (χ1v) is 5.82. The van der Waals surface area contributed by atoms with E-state index in [2.05, 4.69) is 5.32 Å². The lowest BCUT2D eigenvalue weighted by molar-refractivity contribution is -0.139. The summed E-state index contributed by atoms with van der Waals surface area (Å²) in [5.41, 5.74) is 1.36. The summed E-state index contributed by atoms with van der Waals surface area (Å²) < 4.78 is 4.97. The van der Waals surface area contributed by atoms with E-state index in [9.17, 15) is 9.59 Å². The number of carbonyl (C=O) groups is 2. The van der Waals surface area contributed by atoms with Crippen molar-refractivity contribution in [3.8, 4) is 0 Å². The van der Waals surface area contributed by atoms with Gasteiger partial charge in [-0.3, -0.25) is 4.79 Å². The highest BCUT2D eigenvalue weighted by atomic mass is 16.5. The monoisotopic (exact) mass is 223 g/mol. The molecule has 0 aromatic rings. The van der Waals surface area contributed by atoms with E-state index < -0.39 is 0 Å². The van der Waals surface area contributed by atoms with Crippen molar-refractivity contribution in [2.24, 2.45) is 5.92 Å². The third-order valence-corrected chi connectivity index (χ3v) is 3.36. The maximum absolute atomic E-state index is 11.8. The van der Waals surface area contributed by atoms with Crippen LogP contribution in [-0.2, 0) is 14.3 Å². The second kappa shape index (κ2) is 4.28. The molecule has 1 fully saturated rings. The molecule has 1 heterocycles. The maximum Gasteiger partial charge on any atom is 0.354 e. The lowest BCUT2D eigenvalue weighted by atomic mass is 9.81. The normalized spacial score (nSPS) is 28.8. The van der Waals surface area contributed by atoms with Crippen LogP contribution in [0.2, 0.25) is 0 Å². The molecule has 0 amide bonds. The zero-order chi connectivity index (χ0) is 11.7. The maximum atomic E-state index is 11.8. The van der Waals surface area contributed by atoms with E-state index in [0.717, 1.165) is 18.4 Å². The van der Waals surface area contributed by atoms with Gasteiger partial charge in [0.2, 0.25) is 0 Å². The number of esters is 1. The number of ether oxygens (including phenoxy) is 1. The van der Waals surface area contributed by atoms with Crippen molar-refractivity contribution in [2.45, 2.75) is 39.2 Å². The van der Waals surface area contributed by atoms with Gasteiger partial charge in [-0.1, -0.05) is 0 Å². The summed E-state index contributed by atoms with van der Waals surface area (Å²) in [6.07, 6.45) is 2.50. The summed E-state index contributed by atoms with van der Waals surface area (Å²) in [6, 6.07) is 0.112. The van der Waals surface area contributed by atoms with Crippen LogP contribution in [0.5, 0.6) is 0 Å². The van der Waals surface area contributed by atoms with Crippen LogP contribution in [0.4, 0.5) is 0 Å². The van der Waals surface area contributed by atoms with Crippen LogP contribution < -0.4 is 5.32 Å². The fourth-order valence-electron chi connectivity index (χ4n) is 2.62. The molecule has 2 rings (SSSR count). The van der Waals surface area contributed by atoms with E-state index in [4.69, 9.17) is 4.74 Å². The standard InChI is InChI=1S/C12H17NO3/c1-3-16-12(15)11-7(2)10-8(13-11)5-4-6-9(10)14/h8,10,13H,3-6H2,1-2H3. The van der Waals surface area contributed by atoms with Crippen molar-refractivity contribution >= 4 is 11.8 Å². The minimum Gasteiger partial charge on any atom is -0.461 e. The molecule has 2 atom stereocenters. The molecule has 1 N–H and O–H groups in total. The molecule has 1 aliphatic heterocycles. The molecule has 2 unspecified atom stereocenters. The Balaban J connectivity index is 2.21. The van der Waals surface area contributed by atoms with Gasteiger partial charge in [-0.25, -0.2) is 4.79 Å². The van der Waals surface area contributed by atoms with Crippen molar-refractivity contribution in [3.63, 3.8) is 0 Å². The number of carbonyl (C=O) groups excluding carboxylic acids is 2. The predicted molar refractivity (Wildman–Crippen MR) is 58.6 cm³/mol. The Labute approximate surface area is 95.0 Å². The Bertz CT molecular complexity index is 359. The molecule has 16 heavy (non-hydrogen) atoms. The molecule has 0 radical (unpaired) electrons. The summed E-state index contributed by atoms with van der Waals surface area (Å²) in [7, 11) is 0. The van der Waals surface area contributed by atoms with E-state index in [1.807, 2.05) is 6.92 Å². The van der Waals surface area contributed by atoms with Gasteiger partial charge in [-0.15, -0.1) is 0 Å². The van der Waals surface area contributed by atoms with Crippen LogP contribution in [0.15, 0.2) is 11.3 Å². The molecule has 0 aromatic heterocycles. The Morgan fingerprint density at radius 3 is 2.94 bits per heavy atom. The Kier molecular flexibility index (Phi) is 2.99. The van der Waals surface area contributed by atoms with Crippen molar-refractivity contribution in [2.75, 3.05) is 6.61 Å². The molecular formula is C12H17NO3. The number of nitrogens with one attached hydrogen (secondary N) is 1. The number of fused-ring (bicyclic) bond motifs is 1. The molecule has 4 nitrogen and oxygen atoms in total. The SMILES string of the molecule is CCOC(=O)C1=C(C)C2C(=O)CCCC2N1. The van der Waals surface area contributed by atoms with Gasteiger partial charge in [0, 0.05) is 12.5 Å². The van der Waals surface area contributed by atoms with Gasteiger partial charge in [0.25, 0.3) is 0 Å². The van der Waals surface area contributed by atoms with Crippen molar-refractivity contribution in [3.05, 3.63) is 11.3 Å². The molecule has 0 saturated heterocycles. The summed E-state index contributed by atoms with van der Waals surface area (Å²) in [6.45, 7) is 3.99. The van der Waals surface area contributed by atoms with Gasteiger partial charge in [-0.05, 0) is 32.3 Å². The van der Waals surface area contributed by atoms with E-state index >= 15 is 0 Å². The second-order valence-corrected chi connectivity index (χ2v) is 4.37. The van der Waals surface area contributed by atoms with Gasteiger partial charge in [-0.2, -0.15) is 0 Å². The van der Waals surface area contributed by atoms with Gasteiger partial charge < -0.3 is 10.1 Å². The fourth-order valence-corrected chi connectivity index (χ4v) is 2.62. The van der Waals surface area contributed by atoms with Crippen molar-refractivity contribution in [1.82, 2.24) is 5.32 Å². The first-order chi connectivity index (χ1) is 7.65. The molecule has 4 heteroatoms. The molecule has 88 valence electrons. The highest BCUT2D eigenvalue weighted by Gasteiger charge is 2.41. The van der Waals surface area contributed by atoms with Crippen LogP contribution in [0.3, 0.4) is 0 Å². The van der Waals surface area contributed by atoms with Crippen LogP contribution >= 0.6 is 0 Å². The molecule has 0 spiro atoms. The molecule has 1 saturated carbocycles. The van der Waals surface area contributed by atoms with E-state index in [1.54, 1.807) is 6.92 Å². The quantitative estimate of drug-likeness (QED) is 0.714. The van der Waals surface area contributed by atoms with Crippen LogP contribution in [0.1, 0.15) is 33.1 Å². The van der Waals surface area contributed by atoms with Crippen LogP contribution in [0, 0.1) is 5.92 Å². The number of hydrogen-bond donors (Lipinski definition) is 1. The third-order valence-electron chi connectivity index (χ3n) is 3.36. The highest BCUT2D eigenvalue weighted by Crippen LogP contribution is 2.34. The zero-order valence-electron chi connectivity index (χ0n) is 9.71. The van der Waals surface area contributed by atoms with Crippen molar-refractivity contribution in [1.29, 1.82) is 0 Å². The summed E-state index contributed by atoms with van der Waals surface area (Å²) in [4.78, 5) is 23.4. The van der Waals surface area contributed by atoms with Gasteiger partial charge in [0.15, 0.2) is 0 Å². The van der Waals surface area contributed by atoms with Gasteiger partial charge in [0.05, 0.1) is 12.5 Å². The van der Waals surface area contributed by atoms with E-state index in [1.165, 1.54) is 0 Å². The summed E-state index contributed by atoms with van der Waals surface area (Å²) >= 11 is 0. The summed E-state index contributed by atoms with van der Waals surface area (Å²) in [5.74, 6) is -0.184. The average Bonchev–Trinajstić information content (AvgIpc) is 2.58. The largest absolute Gasteiger partial charge is 0.461 e. The number of ketones is 1. The van der Waals surface area contributed by atoms with Gasteiger partial charge in [0.1, 0.15) is 11.5 Å². The fraction of sp³-hybridized carbons (Fsp3) is 0.667. The minimum atomic E-state index is -0.331. The van der Waals surface area contributed by atoms with Crippen molar-refractivity contribution < 1.29 is 14.3 Å². The lowest BCUT2D eigenvalue weighted by Crippen LogP contribution is -2.37. The Morgan fingerprint density at radius 1 is 1.56 bits per heavy atom. The topological polar surface area (TPSA) is 55.4 Å². The van der Waals surface area contributed by atoms with E-state index in [0.29, 0.717) is 18.7 Å². The average molecular weight is 223 g/mol. The molecule has 0 aromatic carbocycles. The highest BCUT2D eigenvalue weighted by molar-refractivity contribution is 5.94. The first kappa shape index (κ1) is 11.2. The number of rotatable bonds is 2. The molecule has 2 aliphatic rings. The first-order valence-electron chi connectivity index (χ1n) is 5.82. The van der Waals surface area contributed by atoms with Gasteiger partial charge >= 0.3 is 5.97 Å². The Hall–Kier alpha value is -1.32. The third kappa shape index (κ3) is 1.72. The van der Waals surface area contributed by atoms with E-state index in [-0.39, 0.29) is 23.7 Å². The Morgan fingerprint density at radius 2 is 2.31 bits per heavy atom. The van der Waals surface area contributed by atoms with Crippen LogP contribution in [-0.4, -0.2) is 24.4 Å². The smallest absolute Gasteiger partial charge is 0.354 e. The summed E-state index contributed by atoms with van der Waals surface area (Å²) in [5, 5.41) is 3.14. The predicted octanol–water partition coefficient (Wildman–Crippen LogP) is 1.16.